The highest BCUT2D eigenvalue weighted by Crippen LogP contribution is 2.30. The van der Waals surface area contributed by atoms with Gasteiger partial charge in [-0.25, -0.2) is 9.97 Å². The SMILES string of the molecule is Cc1cc2nc3cc(C)c(NCCNC(=O)C4CCC(C(=O)NCCNc5cc6c(cc5C)nc5cc(C)c(N)cc5[n+]6-c5ccccc5)CC4)cc3[n+](-c3ccccc3)c2cc1N.[Cl-].[Cl-]. The third-order valence-electron chi connectivity index (χ3n) is 12.8. The lowest BCUT2D eigenvalue weighted by Gasteiger charge is -2.27. The maximum atomic E-state index is 13.3. The second-order valence-corrected chi connectivity index (χ2v) is 17.3. The molecule has 1 fully saturated rings. The average Bonchev–Trinajstić information content (AvgIpc) is 3.29. The van der Waals surface area contributed by atoms with Crippen LogP contribution < -0.4 is 66.7 Å². The van der Waals surface area contributed by atoms with Gasteiger partial charge in [-0.05, 0) is 99.9 Å². The molecule has 0 saturated heterocycles. The fourth-order valence-electron chi connectivity index (χ4n) is 9.11. The molecular formula is C52H56Cl2N10O2. The van der Waals surface area contributed by atoms with E-state index in [4.69, 9.17) is 21.4 Å². The molecule has 0 atom stereocenters. The number of nitrogens with two attached hydrogens (primary N) is 2. The third kappa shape index (κ3) is 9.61. The summed E-state index contributed by atoms with van der Waals surface area (Å²) >= 11 is 0. The van der Waals surface area contributed by atoms with E-state index in [9.17, 15) is 9.59 Å². The number of nitrogen functional groups attached to an aromatic ring is 2. The van der Waals surface area contributed by atoms with Crippen LogP contribution in [0.25, 0.3) is 55.5 Å². The molecule has 66 heavy (non-hydrogen) atoms. The van der Waals surface area contributed by atoms with Crippen molar-refractivity contribution < 1.29 is 43.5 Å². The van der Waals surface area contributed by atoms with Crippen LogP contribution in [0.1, 0.15) is 47.9 Å². The third-order valence-corrected chi connectivity index (χ3v) is 12.8. The van der Waals surface area contributed by atoms with Gasteiger partial charge in [0.2, 0.25) is 45.3 Å². The van der Waals surface area contributed by atoms with E-state index in [1.54, 1.807) is 0 Å². The molecule has 0 spiro atoms. The average molecular weight is 924 g/mol. The van der Waals surface area contributed by atoms with E-state index >= 15 is 0 Å². The summed E-state index contributed by atoms with van der Waals surface area (Å²) in [6.07, 6.45) is 2.76. The first-order valence-corrected chi connectivity index (χ1v) is 22.3. The van der Waals surface area contributed by atoms with E-state index < -0.39 is 0 Å². The minimum absolute atomic E-state index is 0. The van der Waals surface area contributed by atoms with Crippen LogP contribution in [0.2, 0.25) is 0 Å². The molecular weight excluding hydrogens is 868 g/mol. The molecule has 9 rings (SSSR count). The second kappa shape index (κ2) is 20.2. The fraction of sp³-hybridized carbons (Fsp3) is 0.269. The van der Waals surface area contributed by atoms with Crippen molar-refractivity contribution >= 4 is 78.7 Å². The van der Waals surface area contributed by atoms with Crippen molar-refractivity contribution in [2.24, 2.45) is 11.8 Å². The number of benzene rings is 6. The molecule has 0 aliphatic heterocycles. The smallest absolute Gasteiger partial charge is 0.239 e. The van der Waals surface area contributed by atoms with Crippen molar-refractivity contribution in [3.05, 3.63) is 131 Å². The zero-order valence-electron chi connectivity index (χ0n) is 37.7. The van der Waals surface area contributed by atoms with E-state index in [-0.39, 0.29) is 48.5 Å². The predicted octanol–water partition coefficient (Wildman–Crippen LogP) is 1.61. The lowest BCUT2D eigenvalue weighted by molar-refractivity contribution is -0.538. The van der Waals surface area contributed by atoms with E-state index in [2.05, 4.69) is 92.8 Å². The summed E-state index contributed by atoms with van der Waals surface area (Å²) < 4.78 is 4.41. The first-order chi connectivity index (χ1) is 31.0. The quantitative estimate of drug-likeness (QED) is 0.0466. The van der Waals surface area contributed by atoms with Gasteiger partial charge in [0.1, 0.15) is 22.1 Å². The van der Waals surface area contributed by atoms with Crippen LogP contribution >= 0.6 is 0 Å². The molecule has 2 aromatic heterocycles. The highest BCUT2D eigenvalue weighted by Gasteiger charge is 2.30. The van der Waals surface area contributed by atoms with Gasteiger partial charge in [0, 0.05) is 109 Å². The highest BCUT2D eigenvalue weighted by atomic mass is 35.5. The predicted molar refractivity (Wildman–Crippen MR) is 258 cm³/mol. The van der Waals surface area contributed by atoms with Crippen molar-refractivity contribution in [1.29, 1.82) is 0 Å². The summed E-state index contributed by atoms with van der Waals surface area (Å²) in [4.78, 5) is 36.6. The number of aryl methyl sites for hydroxylation is 4. The topological polar surface area (TPSA) is 168 Å². The molecule has 8 N–H and O–H groups in total. The van der Waals surface area contributed by atoms with Crippen molar-refractivity contribution in [3.8, 4) is 11.4 Å². The van der Waals surface area contributed by atoms with Crippen LogP contribution in [0.4, 0.5) is 22.7 Å². The first-order valence-electron chi connectivity index (χ1n) is 22.3. The largest absolute Gasteiger partial charge is 1.00 e. The maximum absolute atomic E-state index is 13.3. The zero-order chi connectivity index (χ0) is 44.5. The standard InChI is InChI=1S/C52H54N10O2.2ClH/c1-31-23-43-47(27-39(31)53)61(37-11-7-5-8-12-37)49-29-41(33(3)25-45(49)59-43)55-19-21-57-51(63)35-15-17-36(18-16-35)52(64)58-22-20-56-42-30-50-46(26-34(42)4)60-44-24-32(2)40(54)28-48(44)62(50)38-13-9-6-10-14-38;;/h5-14,23-30,35-36H,15-22H2,1-4H3,(H6,53,54,55,56,57,58,63,64);2*1H. The molecule has 6 aromatic carbocycles. The number of rotatable bonds is 12. The monoisotopic (exact) mass is 922 g/mol. The Hall–Kier alpha value is -6.76. The number of halogens is 2. The highest BCUT2D eigenvalue weighted by molar-refractivity contribution is 5.89. The van der Waals surface area contributed by atoms with E-state index in [1.165, 1.54) is 0 Å². The number of hydrogen-bond acceptors (Lipinski definition) is 8. The zero-order valence-corrected chi connectivity index (χ0v) is 39.2. The maximum Gasteiger partial charge on any atom is 0.239 e. The van der Waals surface area contributed by atoms with Crippen LogP contribution in [-0.4, -0.2) is 48.0 Å². The van der Waals surface area contributed by atoms with Gasteiger partial charge >= 0.3 is 0 Å². The number of nitrogens with one attached hydrogen (secondary N) is 4. The number of aromatic nitrogens is 4. The minimum atomic E-state index is -0.102. The number of nitrogens with zero attached hydrogens (tertiary/aromatic N) is 4. The van der Waals surface area contributed by atoms with E-state index in [1.807, 2.05) is 74.5 Å². The Balaban J connectivity index is 0.00000324. The molecule has 2 heterocycles. The van der Waals surface area contributed by atoms with Crippen LogP contribution in [0, 0.1) is 39.5 Å². The van der Waals surface area contributed by atoms with E-state index in [0.29, 0.717) is 51.9 Å². The lowest BCUT2D eigenvalue weighted by Crippen LogP contribution is -3.00. The Morgan fingerprint density at radius 1 is 0.500 bits per heavy atom. The summed E-state index contributed by atoms with van der Waals surface area (Å²) in [7, 11) is 0. The van der Waals surface area contributed by atoms with Crippen molar-refractivity contribution in [2.45, 2.75) is 53.4 Å². The van der Waals surface area contributed by atoms with Gasteiger partial charge in [0.15, 0.2) is 0 Å². The van der Waals surface area contributed by atoms with Crippen LogP contribution in [0.15, 0.2) is 109 Å². The number of carbonyl (C=O) groups is 2. The Labute approximate surface area is 397 Å². The lowest BCUT2D eigenvalue weighted by atomic mass is 9.81. The normalized spacial score (nSPS) is 14.7. The number of anilines is 4. The molecule has 340 valence electrons. The molecule has 0 unspecified atom stereocenters. The Kier molecular flexibility index (Phi) is 14.4. The van der Waals surface area contributed by atoms with Crippen LogP contribution in [0.3, 0.4) is 0 Å². The summed E-state index contributed by atoms with van der Waals surface area (Å²) in [5, 5.41) is 13.4. The van der Waals surface area contributed by atoms with Gasteiger partial charge in [0.25, 0.3) is 0 Å². The molecule has 14 heteroatoms. The molecule has 1 saturated carbocycles. The van der Waals surface area contributed by atoms with Crippen molar-refractivity contribution in [3.63, 3.8) is 0 Å². The van der Waals surface area contributed by atoms with Gasteiger partial charge in [-0.3, -0.25) is 9.59 Å². The Morgan fingerprint density at radius 3 is 1.20 bits per heavy atom. The summed E-state index contributed by atoms with van der Waals surface area (Å²) in [5.41, 5.74) is 29.7. The number of amides is 2. The molecule has 12 nitrogen and oxygen atoms in total. The molecule has 0 bridgehead atoms. The number of hydrogen-bond donors (Lipinski definition) is 6. The van der Waals surface area contributed by atoms with E-state index in [0.717, 1.165) is 101 Å². The molecule has 0 radical (unpaired) electrons. The Bertz CT molecular complexity index is 2880. The van der Waals surface area contributed by atoms with Crippen LogP contribution in [-0.2, 0) is 9.59 Å². The molecule has 2 amide bonds. The van der Waals surface area contributed by atoms with Gasteiger partial charge in [-0.15, -0.1) is 9.13 Å². The molecule has 1 aliphatic rings. The second-order valence-electron chi connectivity index (χ2n) is 17.3. The van der Waals surface area contributed by atoms with Gasteiger partial charge in [-0.1, -0.05) is 36.4 Å². The van der Waals surface area contributed by atoms with Crippen molar-refractivity contribution in [1.82, 2.24) is 20.6 Å². The summed E-state index contributed by atoms with van der Waals surface area (Å²) in [5.74, 6) is -0.108. The molecule has 1 aliphatic carbocycles. The van der Waals surface area contributed by atoms with Gasteiger partial charge < -0.3 is 57.5 Å². The first kappa shape index (κ1) is 47.2. The number of carbonyl (C=O) groups excluding carboxylic acids is 2. The van der Waals surface area contributed by atoms with Gasteiger partial charge in [-0.2, -0.15) is 0 Å². The fourth-order valence-corrected chi connectivity index (χ4v) is 9.11. The van der Waals surface area contributed by atoms with Gasteiger partial charge in [0.05, 0.1) is 0 Å². The van der Waals surface area contributed by atoms with Crippen LogP contribution in [0.5, 0.6) is 0 Å². The minimum Gasteiger partial charge on any atom is -1.00 e. The number of fused-ring (bicyclic) bond motifs is 4. The molecule has 8 aromatic rings. The van der Waals surface area contributed by atoms with Crippen molar-refractivity contribution in [2.75, 3.05) is 48.3 Å². The summed E-state index contributed by atoms with van der Waals surface area (Å²) in [6.45, 7) is 10.2. The number of para-hydroxylation sites is 2. The Morgan fingerprint density at radius 2 is 0.833 bits per heavy atom. The summed E-state index contributed by atoms with van der Waals surface area (Å²) in [6, 6.07) is 37.0.